The Bertz CT molecular complexity index is 53.6. The highest BCUT2D eigenvalue weighted by Gasteiger charge is 2.05. The van der Waals surface area contributed by atoms with Crippen molar-refractivity contribution in [1.82, 2.24) is 0 Å². The van der Waals surface area contributed by atoms with E-state index in [9.17, 15) is 0 Å². The smallest absolute Gasteiger partial charge is 0.121 e. The van der Waals surface area contributed by atoms with E-state index in [2.05, 4.69) is 0 Å². The van der Waals surface area contributed by atoms with Gasteiger partial charge in [0.1, 0.15) is 6.10 Å². The number of aliphatic hydroxyl groups is 3. The first-order chi connectivity index (χ1) is 3.66. The van der Waals surface area contributed by atoms with E-state index < -0.39 is 6.10 Å². The van der Waals surface area contributed by atoms with Gasteiger partial charge < -0.3 is 15.3 Å². The fraction of sp³-hybridized carbons (Fsp3) is 0.800. The van der Waals surface area contributed by atoms with Gasteiger partial charge in [0, 0.05) is 6.42 Å². The van der Waals surface area contributed by atoms with Crippen molar-refractivity contribution in [2.45, 2.75) is 19.4 Å². The Balaban J connectivity index is 3.10. The van der Waals surface area contributed by atoms with Crippen LogP contribution in [0.15, 0.2) is 0 Å². The van der Waals surface area contributed by atoms with E-state index in [4.69, 9.17) is 15.3 Å². The number of aliphatic hydroxyl groups excluding tert-OH is 3. The lowest BCUT2D eigenvalue weighted by molar-refractivity contribution is 0.117. The molecule has 1 unspecified atom stereocenters. The average molecular weight is 119 g/mol. The van der Waals surface area contributed by atoms with Gasteiger partial charge in [0.2, 0.25) is 0 Å². The quantitative estimate of drug-likeness (QED) is 0.476. The fourth-order valence-corrected chi connectivity index (χ4v) is 0.406. The van der Waals surface area contributed by atoms with Crippen molar-refractivity contribution in [2.75, 3.05) is 6.61 Å². The van der Waals surface area contributed by atoms with Crippen LogP contribution in [0.5, 0.6) is 0 Å². The third kappa shape index (κ3) is 4.05. The zero-order valence-corrected chi connectivity index (χ0v) is 4.83. The topological polar surface area (TPSA) is 60.7 Å². The Morgan fingerprint density at radius 2 is 2.12 bits per heavy atom. The molecule has 0 spiro atoms. The zero-order valence-electron chi connectivity index (χ0n) is 4.83. The van der Waals surface area contributed by atoms with Crippen molar-refractivity contribution in [3.05, 3.63) is 6.10 Å². The van der Waals surface area contributed by atoms with Crippen LogP contribution in [0.3, 0.4) is 0 Å². The molecule has 0 fully saturated rings. The van der Waals surface area contributed by atoms with Crippen molar-refractivity contribution in [3.8, 4) is 0 Å². The van der Waals surface area contributed by atoms with E-state index in [-0.39, 0.29) is 19.1 Å². The van der Waals surface area contributed by atoms with E-state index in [1.807, 2.05) is 0 Å². The van der Waals surface area contributed by atoms with Crippen LogP contribution in [0.1, 0.15) is 13.3 Å². The summed E-state index contributed by atoms with van der Waals surface area (Å²) in [5, 5.41) is 25.3. The number of hydrogen-bond donors (Lipinski definition) is 3. The molecule has 0 saturated carbocycles. The lowest BCUT2D eigenvalue weighted by Crippen LogP contribution is -2.10. The molecule has 0 aliphatic rings. The van der Waals surface area contributed by atoms with Gasteiger partial charge in [-0.25, -0.2) is 0 Å². The van der Waals surface area contributed by atoms with E-state index in [0.717, 1.165) is 0 Å². The van der Waals surface area contributed by atoms with Gasteiger partial charge in [-0.05, 0) is 6.92 Å². The molecule has 0 heterocycles. The van der Waals surface area contributed by atoms with Crippen LogP contribution in [0.4, 0.5) is 0 Å². The summed E-state index contributed by atoms with van der Waals surface area (Å²) in [7, 11) is 0. The molecule has 0 aliphatic heterocycles. The average Bonchev–Trinajstić information content (AvgIpc) is 1.65. The molecule has 0 amide bonds. The van der Waals surface area contributed by atoms with E-state index in [1.54, 1.807) is 6.92 Å². The molecule has 0 aliphatic carbocycles. The molecule has 3 nitrogen and oxygen atoms in total. The standard InChI is InChI=1S/C5H11O3/c1-4(7)2-5(8)3-6/h4,6-8H,2-3H2,1H3. The maximum Gasteiger partial charge on any atom is 0.121 e. The summed E-state index contributed by atoms with van der Waals surface area (Å²) in [6.45, 7) is 1.19. The third-order valence-corrected chi connectivity index (χ3v) is 0.714. The SMILES string of the molecule is CC(O)C[C](O)CO. The minimum Gasteiger partial charge on any atom is -0.393 e. The minimum atomic E-state index is -0.567. The second kappa shape index (κ2) is 3.83. The molecule has 0 saturated heterocycles. The van der Waals surface area contributed by atoms with Gasteiger partial charge >= 0.3 is 0 Å². The molecule has 1 atom stereocenters. The van der Waals surface area contributed by atoms with Crippen LogP contribution >= 0.6 is 0 Å². The molecule has 3 heteroatoms. The molecular formula is C5H11O3. The monoisotopic (exact) mass is 119 g/mol. The third-order valence-electron chi connectivity index (χ3n) is 0.714. The Morgan fingerprint density at radius 3 is 2.25 bits per heavy atom. The van der Waals surface area contributed by atoms with E-state index >= 15 is 0 Å². The molecule has 3 N–H and O–H groups in total. The maximum atomic E-state index is 8.56. The molecule has 0 aromatic rings. The second-order valence-corrected chi connectivity index (χ2v) is 1.78. The Hall–Kier alpha value is -0.120. The van der Waals surface area contributed by atoms with Gasteiger partial charge in [-0.1, -0.05) is 0 Å². The van der Waals surface area contributed by atoms with E-state index in [0.29, 0.717) is 0 Å². The van der Waals surface area contributed by atoms with Gasteiger partial charge in [-0.15, -0.1) is 0 Å². The number of hydrogen-bond acceptors (Lipinski definition) is 3. The van der Waals surface area contributed by atoms with Gasteiger partial charge in [-0.3, -0.25) is 0 Å². The summed E-state index contributed by atoms with van der Waals surface area (Å²) < 4.78 is 0. The highest BCUT2D eigenvalue weighted by molar-refractivity contribution is 4.75. The first-order valence-corrected chi connectivity index (χ1v) is 2.49. The van der Waals surface area contributed by atoms with Gasteiger partial charge in [0.25, 0.3) is 0 Å². The van der Waals surface area contributed by atoms with Crippen molar-refractivity contribution in [2.24, 2.45) is 0 Å². The van der Waals surface area contributed by atoms with Gasteiger partial charge in [-0.2, -0.15) is 0 Å². The van der Waals surface area contributed by atoms with Gasteiger partial charge in [0.15, 0.2) is 0 Å². The first kappa shape index (κ1) is 7.88. The Labute approximate surface area is 48.6 Å². The lowest BCUT2D eigenvalue weighted by atomic mass is 10.2. The lowest BCUT2D eigenvalue weighted by Gasteiger charge is -2.06. The zero-order chi connectivity index (χ0) is 6.57. The van der Waals surface area contributed by atoms with Crippen LogP contribution in [0.2, 0.25) is 0 Å². The minimum absolute atomic E-state index is 0.0694. The summed E-state index contributed by atoms with van der Waals surface area (Å²) in [6, 6.07) is 0. The van der Waals surface area contributed by atoms with Crippen LogP contribution in [0.25, 0.3) is 0 Å². The van der Waals surface area contributed by atoms with Crippen molar-refractivity contribution < 1.29 is 15.3 Å². The normalized spacial score (nSPS) is 14.6. The Morgan fingerprint density at radius 1 is 1.62 bits per heavy atom. The fourth-order valence-electron chi connectivity index (χ4n) is 0.406. The summed E-state index contributed by atoms with van der Waals surface area (Å²) in [6.07, 6.45) is -0.474. The summed E-state index contributed by atoms with van der Waals surface area (Å²) >= 11 is 0. The highest BCUT2D eigenvalue weighted by atomic mass is 16.3. The largest absolute Gasteiger partial charge is 0.393 e. The van der Waals surface area contributed by atoms with Crippen LogP contribution in [0, 0.1) is 6.10 Å². The molecule has 0 aromatic heterocycles. The van der Waals surface area contributed by atoms with Crippen molar-refractivity contribution >= 4 is 0 Å². The molecule has 1 radical (unpaired) electrons. The highest BCUT2D eigenvalue weighted by Crippen LogP contribution is 2.02. The maximum absolute atomic E-state index is 8.56. The molecular weight excluding hydrogens is 108 g/mol. The second-order valence-electron chi connectivity index (χ2n) is 1.78. The predicted molar refractivity (Wildman–Crippen MR) is 28.6 cm³/mol. The Kier molecular flexibility index (Phi) is 3.77. The van der Waals surface area contributed by atoms with E-state index in [1.165, 1.54) is 0 Å². The summed E-state index contributed by atoms with van der Waals surface area (Å²) in [5.41, 5.74) is 0. The van der Waals surface area contributed by atoms with Crippen LogP contribution < -0.4 is 0 Å². The van der Waals surface area contributed by atoms with Crippen molar-refractivity contribution in [3.63, 3.8) is 0 Å². The molecule has 0 aromatic carbocycles. The summed E-state index contributed by atoms with van der Waals surface area (Å²) in [4.78, 5) is 0. The molecule has 49 valence electrons. The first-order valence-electron chi connectivity index (χ1n) is 2.49. The predicted octanol–water partition coefficient (Wildman–Crippen LogP) is -0.346. The van der Waals surface area contributed by atoms with Crippen molar-refractivity contribution in [1.29, 1.82) is 0 Å². The number of rotatable bonds is 3. The van der Waals surface area contributed by atoms with Crippen LogP contribution in [-0.2, 0) is 0 Å². The van der Waals surface area contributed by atoms with Crippen LogP contribution in [-0.4, -0.2) is 28.0 Å². The molecule has 0 bridgehead atoms. The molecule has 0 rings (SSSR count). The molecule has 8 heavy (non-hydrogen) atoms. The summed E-state index contributed by atoms with van der Waals surface area (Å²) in [5.74, 6) is 0. The van der Waals surface area contributed by atoms with Gasteiger partial charge in [0.05, 0.1) is 12.7 Å².